The van der Waals surface area contributed by atoms with Crippen molar-refractivity contribution >= 4 is 0 Å². The number of aliphatic hydroxyl groups is 1. The number of nitrogens with zero attached hydrogens (tertiary/aromatic N) is 2. The zero-order chi connectivity index (χ0) is 17.1. The maximum Gasteiger partial charge on any atom is 0.123 e. The lowest BCUT2D eigenvalue weighted by Gasteiger charge is -2.32. The van der Waals surface area contributed by atoms with Crippen molar-refractivity contribution < 1.29 is 14.2 Å². The largest absolute Gasteiger partial charge is 0.491 e. The number of β-amino-alcohol motifs (C(OH)–C–C–N with tert-alkyl or cyclic N) is 1. The number of hydrogen-bond acceptors (Lipinski definition) is 4. The van der Waals surface area contributed by atoms with E-state index < -0.39 is 6.10 Å². The topological polar surface area (TPSA) is 35.9 Å². The van der Waals surface area contributed by atoms with Crippen LogP contribution in [-0.2, 0) is 0 Å². The molecule has 0 spiro atoms. The van der Waals surface area contributed by atoms with Gasteiger partial charge in [0.05, 0.1) is 0 Å². The van der Waals surface area contributed by atoms with Crippen molar-refractivity contribution in [2.75, 3.05) is 26.2 Å². The molecule has 2 heterocycles. The summed E-state index contributed by atoms with van der Waals surface area (Å²) in [5.74, 6) is 0.314. The van der Waals surface area contributed by atoms with E-state index in [-0.39, 0.29) is 12.4 Å². The number of likely N-dealkylation sites (tertiary alicyclic amines) is 1. The van der Waals surface area contributed by atoms with E-state index in [1.54, 1.807) is 12.1 Å². The second-order valence-electron chi connectivity index (χ2n) is 7.39. The Bertz CT molecular complexity index is 523. The summed E-state index contributed by atoms with van der Waals surface area (Å²) in [5, 5.41) is 10.3. The van der Waals surface area contributed by atoms with E-state index in [1.165, 1.54) is 31.4 Å². The Kier molecular flexibility index (Phi) is 5.74. The molecule has 0 radical (unpaired) electrons. The van der Waals surface area contributed by atoms with Crippen LogP contribution in [0.2, 0.25) is 0 Å². The van der Waals surface area contributed by atoms with Crippen LogP contribution in [0.3, 0.4) is 0 Å². The van der Waals surface area contributed by atoms with Crippen molar-refractivity contribution in [1.82, 2.24) is 9.80 Å². The fourth-order valence-corrected chi connectivity index (χ4v) is 4.26. The van der Waals surface area contributed by atoms with E-state index in [4.69, 9.17) is 4.74 Å². The average Bonchev–Trinajstić information content (AvgIpc) is 2.84. The average molecular weight is 336 g/mol. The minimum Gasteiger partial charge on any atom is -0.491 e. The molecule has 2 aliphatic rings. The van der Waals surface area contributed by atoms with Gasteiger partial charge in [0.2, 0.25) is 0 Å². The molecule has 2 saturated heterocycles. The van der Waals surface area contributed by atoms with E-state index >= 15 is 0 Å². The molecule has 134 valence electrons. The van der Waals surface area contributed by atoms with Crippen LogP contribution in [0.4, 0.5) is 4.39 Å². The third-order valence-corrected chi connectivity index (χ3v) is 5.25. The van der Waals surface area contributed by atoms with Gasteiger partial charge in [-0.2, -0.15) is 0 Å². The molecule has 2 aliphatic heterocycles. The first-order valence-electron chi connectivity index (χ1n) is 9.09. The summed E-state index contributed by atoms with van der Waals surface area (Å²) < 4.78 is 18.4. The highest BCUT2D eigenvalue weighted by Crippen LogP contribution is 2.31. The molecule has 3 unspecified atom stereocenters. The zero-order valence-electron chi connectivity index (χ0n) is 14.7. The molecule has 4 nitrogen and oxygen atoms in total. The molecule has 0 saturated carbocycles. The predicted octanol–water partition coefficient (Wildman–Crippen LogP) is 2.51. The molecular weight excluding hydrogens is 307 g/mol. The third-order valence-electron chi connectivity index (χ3n) is 5.25. The summed E-state index contributed by atoms with van der Waals surface area (Å²) in [4.78, 5) is 5.04. The SMILES string of the molecule is CC(C)N1C2CCC1CN(CC(O)COc1ccc(F)cc1)CC2. The van der Waals surface area contributed by atoms with E-state index in [9.17, 15) is 9.50 Å². The zero-order valence-corrected chi connectivity index (χ0v) is 14.7. The summed E-state index contributed by atoms with van der Waals surface area (Å²) in [6, 6.07) is 7.83. The van der Waals surface area contributed by atoms with Crippen molar-refractivity contribution in [2.45, 2.75) is 57.3 Å². The summed E-state index contributed by atoms with van der Waals surface area (Å²) in [5.41, 5.74) is 0. The fourth-order valence-electron chi connectivity index (χ4n) is 4.26. The first-order chi connectivity index (χ1) is 11.5. The molecule has 3 rings (SSSR count). The number of ether oxygens (including phenoxy) is 1. The Morgan fingerprint density at radius 3 is 2.58 bits per heavy atom. The number of benzene rings is 1. The van der Waals surface area contributed by atoms with Gasteiger partial charge in [-0.15, -0.1) is 0 Å². The molecule has 1 aromatic carbocycles. The maximum absolute atomic E-state index is 12.9. The van der Waals surface area contributed by atoms with Gasteiger partial charge in [0.1, 0.15) is 24.3 Å². The Morgan fingerprint density at radius 1 is 1.17 bits per heavy atom. The predicted molar refractivity (Wildman–Crippen MR) is 92.7 cm³/mol. The highest BCUT2D eigenvalue weighted by atomic mass is 19.1. The van der Waals surface area contributed by atoms with Crippen LogP contribution in [0, 0.1) is 5.82 Å². The molecule has 5 heteroatoms. The van der Waals surface area contributed by atoms with Gasteiger partial charge in [-0.05, 0) is 63.9 Å². The van der Waals surface area contributed by atoms with Crippen LogP contribution >= 0.6 is 0 Å². The highest BCUT2D eigenvalue weighted by Gasteiger charge is 2.38. The fraction of sp³-hybridized carbons (Fsp3) is 0.684. The first kappa shape index (κ1) is 17.6. The maximum atomic E-state index is 12.9. The van der Waals surface area contributed by atoms with E-state index in [1.807, 2.05) is 0 Å². The summed E-state index contributed by atoms with van der Waals surface area (Å²) in [6.45, 7) is 7.51. The molecule has 2 fully saturated rings. The van der Waals surface area contributed by atoms with E-state index in [0.717, 1.165) is 13.1 Å². The normalized spacial score (nSPS) is 26.5. The van der Waals surface area contributed by atoms with Crippen molar-refractivity contribution in [3.05, 3.63) is 30.1 Å². The lowest BCUT2D eigenvalue weighted by atomic mass is 10.1. The molecule has 0 amide bonds. The molecule has 24 heavy (non-hydrogen) atoms. The molecule has 3 atom stereocenters. The van der Waals surface area contributed by atoms with Crippen LogP contribution in [0.1, 0.15) is 33.1 Å². The monoisotopic (exact) mass is 336 g/mol. The summed E-state index contributed by atoms with van der Waals surface area (Å²) >= 11 is 0. The first-order valence-corrected chi connectivity index (χ1v) is 9.09. The molecule has 0 aromatic heterocycles. The Hall–Kier alpha value is -1.17. The summed E-state index contributed by atoms with van der Waals surface area (Å²) in [6.07, 6.45) is 3.23. The number of aliphatic hydroxyl groups excluding tert-OH is 1. The minimum absolute atomic E-state index is 0.240. The van der Waals surface area contributed by atoms with Gasteiger partial charge in [-0.25, -0.2) is 4.39 Å². The second-order valence-corrected chi connectivity index (χ2v) is 7.39. The van der Waals surface area contributed by atoms with Gasteiger partial charge in [-0.3, -0.25) is 9.80 Å². The van der Waals surface area contributed by atoms with Crippen molar-refractivity contribution in [3.63, 3.8) is 0 Å². The minimum atomic E-state index is -0.529. The number of halogens is 1. The smallest absolute Gasteiger partial charge is 0.123 e. The molecule has 0 aliphatic carbocycles. The third kappa shape index (κ3) is 4.26. The van der Waals surface area contributed by atoms with Gasteiger partial charge < -0.3 is 9.84 Å². The van der Waals surface area contributed by atoms with Crippen LogP contribution in [-0.4, -0.2) is 65.4 Å². The van der Waals surface area contributed by atoms with Crippen molar-refractivity contribution in [1.29, 1.82) is 0 Å². The highest BCUT2D eigenvalue weighted by molar-refractivity contribution is 5.22. The number of fused-ring (bicyclic) bond motifs is 2. The lowest BCUT2D eigenvalue weighted by Crippen LogP contribution is -2.44. The second kappa shape index (κ2) is 7.81. The Morgan fingerprint density at radius 2 is 1.88 bits per heavy atom. The molecular formula is C19H29FN2O2. The van der Waals surface area contributed by atoms with Crippen LogP contribution in [0.15, 0.2) is 24.3 Å². The van der Waals surface area contributed by atoms with Gasteiger partial charge in [0.15, 0.2) is 0 Å². The van der Waals surface area contributed by atoms with Gasteiger partial charge in [0.25, 0.3) is 0 Å². The van der Waals surface area contributed by atoms with E-state index in [2.05, 4.69) is 23.6 Å². The molecule has 1 aromatic rings. The standard InChI is InChI=1S/C19H29FN2O2/c1-14(2)22-16-5-6-17(22)11-21(10-9-16)12-18(23)13-24-19-7-3-15(20)4-8-19/h3-4,7-8,14,16-18,23H,5-6,9-13H2,1-2H3. The van der Waals surface area contributed by atoms with Crippen LogP contribution < -0.4 is 4.74 Å². The number of hydrogen-bond donors (Lipinski definition) is 1. The Labute approximate surface area is 144 Å². The molecule has 2 bridgehead atoms. The van der Waals surface area contributed by atoms with Gasteiger partial charge in [0, 0.05) is 31.2 Å². The Balaban J connectivity index is 1.48. The lowest BCUT2D eigenvalue weighted by molar-refractivity contribution is 0.0631. The van der Waals surface area contributed by atoms with Crippen molar-refractivity contribution in [2.24, 2.45) is 0 Å². The van der Waals surface area contributed by atoms with Gasteiger partial charge in [-0.1, -0.05) is 0 Å². The number of rotatable bonds is 6. The van der Waals surface area contributed by atoms with Crippen LogP contribution in [0.5, 0.6) is 5.75 Å². The van der Waals surface area contributed by atoms with Crippen molar-refractivity contribution in [3.8, 4) is 5.75 Å². The van der Waals surface area contributed by atoms with Gasteiger partial charge >= 0.3 is 0 Å². The van der Waals surface area contributed by atoms with E-state index in [0.29, 0.717) is 30.4 Å². The quantitative estimate of drug-likeness (QED) is 0.866. The molecule has 1 N–H and O–H groups in total. The van der Waals surface area contributed by atoms with Crippen LogP contribution in [0.25, 0.3) is 0 Å². The summed E-state index contributed by atoms with van der Waals surface area (Å²) in [7, 11) is 0.